The molecule has 1 aliphatic carbocycles. The number of halogens is 1. The molecule has 150 valence electrons. The third-order valence-electron chi connectivity index (χ3n) is 5.42. The average Bonchev–Trinajstić information content (AvgIpc) is 3.19. The largest absolute Gasteiger partial charge is 0.337 e. The van der Waals surface area contributed by atoms with Crippen LogP contribution >= 0.6 is 15.9 Å². The second kappa shape index (κ2) is 10.6. The Bertz CT molecular complexity index is 757. The smallest absolute Gasteiger partial charge is 0.319 e. The first-order valence-electron chi connectivity index (χ1n) is 10.2. The van der Waals surface area contributed by atoms with Crippen LogP contribution in [-0.2, 0) is 0 Å². The normalized spacial score (nSPS) is 15.4. The minimum absolute atomic E-state index is 0.168. The Hall–Kier alpha value is -1.85. The summed E-state index contributed by atoms with van der Waals surface area (Å²) < 4.78 is 0.945. The van der Waals surface area contributed by atoms with Gasteiger partial charge in [-0.25, -0.2) is 4.79 Å². The Morgan fingerprint density at radius 1 is 1.14 bits per heavy atom. The Morgan fingerprint density at radius 3 is 2.61 bits per heavy atom. The van der Waals surface area contributed by atoms with Crippen LogP contribution in [0.5, 0.6) is 0 Å². The van der Waals surface area contributed by atoms with Crippen molar-refractivity contribution in [1.29, 1.82) is 0 Å². The molecule has 0 radical (unpaired) electrons. The summed E-state index contributed by atoms with van der Waals surface area (Å²) in [7, 11) is 0. The molecule has 0 saturated heterocycles. The SMILES string of the molecule is Cc1ccc(C(CCNC2CCCC2)CNC(=O)Nc2cccc(Br)c2)cc1. The van der Waals surface area contributed by atoms with Crippen LogP contribution in [0.4, 0.5) is 10.5 Å². The van der Waals surface area contributed by atoms with Gasteiger partial charge in [0.1, 0.15) is 0 Å². The summed E-state index contributed by atoms with van der Waals surface area (Å²) in [6.45, 7) is 3.71. The Balaban J connectivity index is 1.54. The van der Waals surface area contributed by atoms with Gasteiger partial charge in [0, 0.05) is 28.7 Å². The predicted octanol–water partition coefficient (Wildman–Crippen LogP) is 5.59. The molecular weight excluding hydrogens is 414 g/mol. The van der Waals surface area contributed by atoms with Gasteiger partial charge in [-0.3, -0.25) is 0 Å². The minimum atomic E-state index is -0.168. The van der Waals surface area contributed by atoms with E-state index in [9.17, 15) is 4.79 Å². The molecule has 0 spiro atoms. The number of carbonyl (C=O) groups is 1. The maximum Gasteiger partial charge on any atom is 0.319 e. The monoisotopic (exact) mass is 443 g/mol. The average molecular weight is 444 g/mol. The lowest BCUT2D eigenvalue weighted by Crippen LogP contribution is -2.34. The fourth-order valence-electron chi connectivity index (χ4n) is 3.77. The molecule has 0 aliphatic heterocycles. The van der Waals surface area contributed by atoms with Crippen molar-refractivity contribution in [2.45, 2.75) is 51.0 Å². The number of nitrogens with one attached hydrogen (secondary N) is 3. The molecule has 0 bridgehead atoms. The van der Waals surface area contributed by atoms with E-state index in [1.165, 1.54) is 36.8 Å². The molecule has 3 rings (SSSR count). The lowest BCUT2D eigenvalue weighted by molar-refractivity contribution is 0.251. The zero-order chi connectivity index (χ0) is 19.8. The molecule has 28 heavy (non-hydrogen) atoms. The predicted molar refractivity (Wildman–Crippen MR) is 120 cm³/mol. The summed E-state index contributed by atoms with van der Waals surface area (Å²) in [4.78, 5) is 12.3. The van der Waals surface area contributed by atoms with E-state index in [0.717, 1.165) is 23.1 Å². The van der Waals surface area contributed by atoms with Gasteiger partial charge in [-0.1, -0.05) is 64.7 Å². The molecule has 1 aliphatic rings. The summed E-state index contributed by atoms with van der Waals surface area (Å²) in [5.41, 5.74) is 3.31. The number of anilines is 1. The number of urea groups is 1. The standard InChI is InChI=1S/C23H30BrN3O/c1-17-9-11-18(12-10-17)19(13-14-25-21-6-2-3-7-21)16-26-23(28)27-22-8-4-5-20(24)15-22/h4-5,8-12,15,19,21,25H,2-3,6-7,13-14,16H2,1H3,(H2,26,27,28). The number of hydrogen-bond donors (Lipinski definition) is 3. The Morgan fingerprint density at radius 2 is 1.89 bits per heavy atom. The maximum absolute atomic E-state index is 12.3. The zero-order valence-corrected chi connectivity index (χ0v) is 18.1. The molecule has 1 unspecified atom stereocenters. The highest BCUT2D eigenvalue weighted by molar-refractivity contribution is 9.10. The van der Waals surface area contributed by atoms with E-state index in [0.29, 0.717) is 18.5 Å². The molecule has 2 amide bonds. The summed E-state index contributed by atoms with van der Waals surface area (Å²) in [6, 6.07) is 16.8. The molecular formula is C23H30BrN3O. The minimum Gasteiger partial charge on any atom is -0.337 e. The van der Waals surface area contributed by atoms with Crippen molar-refractivity contribution >= 4 is 27.6 Å². The van der Waals surface area contributed by atoms with E-state index in [1.54, 1.807) is 0 Å². The van der Waals surface area contributed by atoms with Crippen LogP contribution in [-0.4, -0.2) is 25.2 Å². The van der Waals surface area contributed by atoms with Crippen molar-refractivity contribution in [3.8, 4) is 0 Å². The summed E-state index contributed by atoms with van der Waals surface area (Å²) in [5.74, 6) is 0.294. The first kappa shape index (κ1) is 20.9. The van der Waals surface area contributed by atoms with Gasteiger partial charge in [-0.2, -0.15) is 0 Å². The number of carbonyl (C=O) groups excluding carboxylic acids is 1. The van der Waals surface area contributed by atoms with Crippen molar-refractivity contribution in [3.05, 3.63) is 64.1 Å². The van der Waals surface area contributed by atoms with Crippen molar-refractivity contribution in [2.24, 2.45) is 0 Å². The molecule has 1 saturated carbocycles. The van der Waals surface area contributed by atoms with Crippen LogP contribution in [0, 0.1) is 6.92 Å². The van der Waals surface area contributed by atoms with Crippen molar-refractivity contribution in [2.75, 3.05) is 18.4 Å². The summed E-state index contributed by atoms with van der Waals surface area (Å²) >= 11 is 3.43. The zero-order valence-electron chi connectivity index (χ0n) is 16.5. The van der Waals surface area contributed by atoms with E-state index in [4.69, 9.17) is 0 Å². The fourth-order valence-corrected chi connectivity index (χ4v) is 4.17. The van der Waals surface area contributed by atoms with Gasteiger partial charge in [-0.15, -0.1) is 0 Å². The second-order valence-corrected chi connectivity index (χ2v) is 8.59. The first-order valence-corrected chi connectivity index (χ1v) is 11.0. The van der Waals surface area contributed by atoms with Crippen molar-refractivity contribution in [1.82, 2.24) is 10.6 Å². The number of hydrogen-bond acceptors (Lipinski definition) is 2. The molecule has 0 aromatic heterocycles. The summed E-state index contributed by atoms with van der Waals surface area (Å²) in [6.07, 6.45) is 6.29. The summed E-state index contributed by atoms with van der Waals surface area (Å²) in [5, 5.41) is 9.65. The Kier molecular flexibility index (Phi) is 7.92. The second-order valence-electron chi connectivity index (χ2n) is 7.68. The van der Waals surface area contributed by atoms with Crippen molar-refractivity contribution < 1.29 is 4.79 Å². The fraction of sp³-hybridized carbons (Fsp3) is 0.435. The van der Waals surface area contributed by atoms with Crippen LogP contribution in [0.2, 0.25) is 0 Å². The molecule has 0 heterocycles. The van der Waals surface area contributed by atoms with Crippen LogP contribution in [0.25, 0.3) is 0 Å². The molecule has 1 fully saturated rings. The number of benzene rings is 2. The number of amides is 2. The van der Waals surface area contributed by atoms with Crippen LogP contribution < -0.4 is 16.0 Å². The molecule has 2 aromatic carbocycles. The van der Waals surface area contributed by atoms with Crippen LogP contribution in [0.15, 0.2) is 53.0 Å². The van der Waals surface area contributed by atoms with Gasteiger partial charge in [-0.05, 0) is 56.5 Å². The molecule has 3 N–H and O–H groups in total. The van der Waals surface area contributed by atoms with Gasteiger partial charge < -0.3 is 16.0 Å². The first-order chi connectivity index (χ1) is 13.6. The lowest BCUT2D eigenvalue weighted by atomic mass is 9.94. The third-order valence-corrected chi connectivity index (χ3v) is 5.91. The highest BCUT2D eigenvalue weighted by Gasteiger charge is 2.17. The van der Waals surface area contributed by atoms with Gasteiger partial charge in [0.15, 0.2) is 0 Å². The van der Waals surface area contributed by atoms with E-state index < -0.39 is 0 Å². The van der Waals surface area contributed by atoms with Gasteiger partial charge >= 0.3 is 6.03 Å². The van der Waals surface area contributed by atoms with Gasteiger partial charge in [0.25, 0.3) is 0 Å². The number of rotatable bonds is 8. The maximum atomic E-state index is 12.3. The molecule has 2 aromatic rings. The van der Waals surface area contributed by atoms with Crippen LogP contribution in [0.1, 0.15) is 49.1 Å². The van der Waals surface area contributed by atoms with Crippen LogP contribution in [0.3, 0.4) is 0 Å². The topological polar surface area (TPSA) is 53.2 Å². The van der Waals surface area contributed by atoms with E-state index in [-0.39, 0.29) is 6.03 Å². The number of aryl methyl sites for hydroxylation is 1. The highest BCUT2D eigenvalue weighted by Crippen LogP contribution is 2.21. The highest BCUT2D eigenvalue weighted by atomic mass is 79.9. The van der Waals surface area contributed by atoms with E-state index in [2.05, 4.69) is 63.1 Å². The van der Waals surface area contributed by atoms with Gasteiger partial charge in [0.05, 0.1) is 0 Å². The lowest BCUT2D eigenvalue weighted by Gasteiger charge is -2.20. The molecule has 1 atom stereocenters. The van der Waals surface area contributed by atoms with Crippen molar-refractivity contribution in [3.63, 3.8) is 0 Å². The Labute approximate surface area is 176 Å². The quantitative estimate of drug-likeness (QED) is 0.498. The molecule has 5 heteroatoms. The third kappa shape index (κ3) is 6.64. The van der Waals surface area contributed by atoms with Gasteiger partial charge in [0.2, 0.25) is 0 Å². The van der Waals surface area contributed by atoms with E-state index in [1.807, 2.05) is 24.3 Å². The van der Waals surface area contributed by atoms with E-state index >= 15 is 0 Å². The molecule has 4 nitrogen and oxygen atoms in total.